The number of pyridine rings is 1. The van der Waals surface area contributed by atoms with Gasteiger partial charge >= 0.3 is 0 Å². The minimum Gasteiger partial charge on any atom is -0.246 e. The number of hydrogen-bond acceptors (Lipinski definition) is 2. The topological polar surface area (TPSA) is 36.7 Å². The Hall–Kier alpha value is -0.950. The van der Waals surface area contributed by atoms with Gasteiger partial charge in [0.1, 0.15) is 18.4 Å². The normalized spacial score (nSPS) is 9.18. The molecular formula is C7H4BrFN2. The third-order valence-electron chi connectivity index (χ3n) is 1.18. The zero-order valence-electron chi connectivity index (χ0n) is 5.51. The van der Waals surface area contributed by atoms with Crippen molar-refractivity contribution in [3.8, 4) is 6.07 Å². The van der Waals surface area contributed by atoms with Crippen molar-refractivity contribution in [3.05, 3.63) is 28.0 Å². The molecule has 1 aromatic heterocycles. The molecule has 0 amide bonds. The minimum absolute atomic E-state index is 0.149. The number of rotatable bonds is 1. The van der Waals surface area contributed by atoms with Crippen LogP contribution in [-0.2, 0) is 6.67 Å². The van der Waals surface area contributed by atoms with Crippen LogP contribution < -0.4 is 0 Å². The van der Waals surface area contributed by atoms with Crippen LogP contribution in [0.15, 0.2) is 16.7 Å². The summed E-state index contributed by atoms with van der Waals surface area (Å²) in [6.07, 6.45) is 1.47. The Bertz CT molecular complexity index is 306. The van der Waals surface area contributed by atoms with E-state index in [1.54, 1.807) is 12.1 Å². The van der Waals surface area contributed by atoms with Gasteiger partial charge in [-0.05, 0) is 22.0 Å². The summed E-state index contributed by atoms with van der Waals surface area (Å²) in [5, 5.41) is 8.45. The lowest BCUT2D eigenvalue weighted by Gasteiger charge is -1.96. The zero-order valence-corrected chi connectivity index (χ0v) is 7.10. The number of aromatic nitrogens is 1. The highest BCUT2D eigenvalue weighted by Gasteiger charge is 2.02. The molecule has 0 spiro atoms. The molecule has 0 unspecified atom stereocenters. The van der Waals surface area contributed by atoms with E-state index in [4.69, 9.17) is 5.26 Å². The molecule has 0 bridgehead atoms. The first-order chi connectivity index (χ1) is 5.27. The van der Waals surface area contributed by atoms with Crippen molar-refractivity contribution in [2.75, 3.05) is 0 Å². The monoisotopic (exact) mass is 214 g/mol. The Morgan fingerprint density at radius 2 is 2.45 bits per heavy atom. The molecule has 1 aromatic rings. The van der Waals surface area contributed by atoms with Crippen LogP contribution in [0.5, 0.6) is 0 Å². The molecule has 56 valence electrons. The van der Waals surface area contributed by atoms with Crippen LogP contribution in [0.2, 0.25) is 0 Å². The van der Waals surface area contributed by atoms with Gasteiger partial charge in [-0.3, -0.25) is 0 Å². The van der Waals surface area contributed by atoms with Crippen LogP contribution in [-0.4, -0.2) is 4.98 Å². The maximum Gasteiger partial charge on any atom is 0.146 e. The van der Waals surface area contributed by atoms with E-state index in [1.807, 2.05) is 0 Å². The Balaban J connectivity index is 3.19. The zero-order chi connectivity index (χ0) is 8.27. The summed E-state index contributed by atoms with van der Waals surface area (Å²) >= 11 is 3.13. The lowest BCUT2D eigenvalue weighted by atomic mass is 10.2. The van der Waals surface area contributed by atoms with Crippen LogP contribution in [0.4, 0.5) is 4.39 Å². The summed E-state index contributed by atoms with van der Waals surface area (Å²) in [5.74, 6) is 0. The van der Waals surface area contributed by atoms with Gasteiger partial charge in [-0.15, -0.1) is 0 Å². The van der Waals surface area contributed by atoms with E-state index in [1.165, 1.54) is 6.20 Å². The quantitative estimate of drug-likeness (QED) is 0.719. The van der Waals surface area contributed by atoms with E-state index >= 15 is 0 Å². The molecule has 0 N–H and O–H groups in total. The Morgan fingerprint density at radius 1 is 1.73 bits per heavy atom. The molecule has 1 rings (SSSR count). The van der Waals surface area contributed by atoms with Gasteiger partial charge < -0.3 is 0 Å². The van der Waals surface area contributed by atoms with Crippen LogP contribution in [0, 0.1) is 11.3 Å². The second kappa shape index (κ2) is 3.44. The highest BCUT2D eigenvalue weighted by molar-refractivity contribution is 9.10. The average Bonchev–Trinajstić information content (AvgIpc) is 2.04. The van der Waals surface area contributed by atoms with E-state index in [-0.39, 0.29) is 5.69 Å². The maximum atomic E-state index is 12.1. The molecule has 1 heterocycles. The molecule has 4 heteroatoms. The number of nitriles is 1. The summed E-state index contributed by atoms with van der Waals surface area (Å²) < 4.78 is 12.8. The van der Waals surface area contributed by atoms with Crippen LogP contribution in [0.1, 0.15) is 11.3 Å². The SMILES string of the molecule is N#Cc1ncc(Br)cc1CF. The van der Waals surface area contributed by atoms with E-state index in [0.717, 1.165) is 0 Å². The van der Waals surface area contributed by atoms with E-state index in [0.29, 0.717) is 10.0 Å². The standard InChI is InChI=1S/C7H4BrFN2/c8-6-1-5(2-9)7(3-10)11-4-6/h1,4H,2H2. The van der Waals surface area contributed by atoms with E-state index in [9.17, 15) is 4.39 Å². The van der Waals surface area contributed by atoms with Gasteiger partial charge in [0.2, 0.25) is 0 Å². The molecule has 0 fully saturated rings. The molecule has 0 aliphatic rings. The molecule has 0 atom stereocenters. The predicted octanol–water partition coefficient (Wildman–Crippen LogP) is 2.19. The lowest BCUT2D eigenvalue weighted by molar-refractivity contribution is 0.483. The molecule has 0 aliphatic heterocycles. The van der Waals surface area contributed by atoms with Gasteiger partial charge in [-0.1, -0.05) is 0 Å². The second-order valence-electron chi connectivity index (χ2n) is 1.91. The molecular weight excluding hydrogens is 211 g/mol. The average molecular weight is 215 g/mol. The molecule has 0 saturated heterocycles. The largest absolute Gasteiger partial charge is 0.246 e. The van der Waals surface area contributed by atoms with Crippen LogP contribution >= 0.6 is 15.9 Å². The fourth-order valence-electron chi connectivity index (χ4n) is 0.684. The summed E-state index contributed by atoms with van der Waals surface area (Å²) in [7, 11) is 0. The number of alkyl halides is 1. The first-order valence-corrected chi connectivity index (χ1v) is 3.67. The Kier molecular flexibility index (Phi) is 2.55. The van der Waals surface area contributed by atoms with E-state index in [2.05, 4.69) is 20.9 Å². The second-order valence-corrected chi connectivity index (χ2v) is 2.82. The summed E-state index contributed by atoms with van der Waals surface area (Å²) in [4.78, 5) is 3.72. The fraction of sp³-hybridized carbons (Fsp3) is 0.143. The maximum absolute atomic E-state index is 12.1. The third kappa shape index (κ3) is 1.75. The third-order valence-corrected chi connectivity index (χ3v) is 1.62. The summed E-state index contributed by atoms with van der Waals surface area (Å²) in [5.41, 5.74) is 0.470. The molecule has 0 saturated carbocycles. The van der Waals surface area contributed by atoms with Crippen LogP contribution in [0.25, 0.3) is 0 Å². The van der Waals surface area contributed by atoms with Gasteiger partial charge in [0.05, 0.1) is 0 Å². The van der Waals surface area contributed by atoms with E-state index < -0.39 is 6.67 Å². The van der Waals surface area contributed by atoms with Crippen LogP contribution in [0.3, 0.4) is 0 Å². The molecule has 11 heavy (non-hydrogen) atoms. The van der Waals surface area contributed by atoms with Crippen molar-refractivity contribution in [1.29, 1.82) is 5.26 Å². The molecule has 0 radical (unpaired) electrons. The van der Waals surface area contributed by atoms with Crippen molar-refractivity contribution in [2.24, 2.45) is 0 Å². The Labute approximate surface area is 71.8 Å². The number of hydrogen-bond donors (Lipinski definition) is 0. The van der Waals surface area contributed by atoms with Gasteiger partial charge in [0.25, 0.3) is 0 Å². The predicted molar refractivity (Wildman–Crippen MR) is 41.5 cm³/mol. The number of halogens is 2. The highest BCUT2D eigenvalue weighted by Crippen LogP contribution is 2.13. The first kappa shape index (κ1) is 8.15. The smallest absolute Gasteiger partial charge is 0.146 e. The van der Waals surface area contributed by atoms with Crippen molar-refractivity contribution >= 4 is 15.9 Å². The van der Waals surface area contributed by atoms with Crippen molar-refractivity contribution in [3.63, 3.8) is 0 Å². The Morgan fingerprint density at radius 3 is 3.00 bits per heavy atom. The van der Waals surface area contributed by atoms with Gasteiger partial charge in [-0.25, -0.2) is 9.37 Å². The lowest BCUT2D eigenvalue weighted by Crippen LogP contribution is -1.90. The summed E-state index contributed by atoms with van der Waals surface area (Å²) in [6.45, 7) is -0.657. The van der Waals surface area contributed by atoms with Crippen molar-refractivity contribution < 1.29 is 4.39 Å². The van der Waals surface area contributed by atoms with Crippen molar-refractivity contribution in [1.82, 2.24) is 4.98 Å². The van der Waals surface area contributed by atoms with Crippen molar-refractivity contribution in [2.45, 2.75) is 6.67 Å². The minimum atomic E-state index is -0.657. The van der Waals surface area contributed by atoms with Gasteiger partial charge in [-0.2, -0.15) is 5.26 Å². The fourth-order valence-corrected chi connectivity index (χ4v) is 1.06. The molecule has 2 nitrogen and oxygen atoms in total. The van der Waals surface area contributed by atoms with Gasteiger partial charge in [0, 0.05) is 16.2 Å². The number of nitrogens with zero attached hydrogens (tertiary/aromatic N) is 2. The molecule has 0 aliphatic carbocycles. The molecule has 0 aromatic carbocycles. The highest BCUT2D eigenvalue weighted by atomic mass is 79.9. The first-order valence-electron chi connectivity index (χ1n) is 2.88. The summed E-state index contributed by atoms with van der Waals surface area (Å²) in [6, 6.07) is 3.35. The van der Waals surface area contributed by atoms with Gasteiger partial charge in [0.15, 0.2) is 0 Å².